The number of pyridine rings is 1. The molecule has 0 unspecified atom stereocenters. The zero-order valence-corrected chi connectivity index (χ0v) is 12.4. The van der Waals surface area contributed by atoms with Crippen LogP contribution in [0.1, 0.15) is 39.0 Å². The van der Waals surface area contributed by atoms with Crippen molar-refractivity contribution in [3.63, 3.8) is 0 Å². The Morgan fingerprint density at radius 3 is 2.80 bits per heavy atom. The molecule has 1 aliphatic carbocycles. The normalized spacial score (nSPS) is 18.8. The van der Waals surface area contributed by atoms with Crippen molar-refractivity contribution >= 4 is 17.7 Å². The standard InChI is InChI=1S/C15H19N3OS/c1-12(20-13-7-3-6-10-17-13)14(19)18-15(11-16)8-4-2-5-9-15/h3,6-7,10,12H,2,4-5,8-9H2,1H3,(H,18,19)/t12-/m0/s1. The molecule has 0 aliphatic heterocycles. The SMILES string of the molecule is C[C@H](Sc1ccccn1)C(=O)NC1(C#N)CCCCC1. The smallest absolute Gasteiger partial charge is 0.234 e. The number of thioether (sulfide) groups is 1. The highest BCUT2D eigenvalue weighted by atomic mass is 32.2. The Kier molecular flexibility index (Phi) is 5.02. The molecule has 0 radical (unpaired) electrons. The van der Waals surface area contributed by atoms with Crippen molar-refractivity contribution in [1.29, 1.82) is 5.26 Å². The summed E-state index contributed by atoms with van der Waals surface area (Å²) in [6.07, 6.45) is 6.40. The van der Waals surface area contributed by atoms with Crippen LogP contribution in [0.25, 0.3) is 0 Å². The van der Waals surface area contributed by atoms with E-state index in [1.807, 2.05) is 25.1 Å². The minimum absolute atomic E-state index is 0.0795. The molecule has 1 atom stereocenters. The Bertz CT molecular complexity index is 492. The Morgan fingerprint density at radius 2 is 2.20 bits per heavy atom. The quantitative estimate of drug-likeness (QED) is 0.866. The molecule has 1 amide bonds. The molecular weight excluding hydrogens is 270 g/mol. The van der Waals surface area contributed by atoms with E-state index in [0.717, 1.165) is 37.1 Å². The third-order valence-electron chi connectivity index (χ3n) is 3.59. The monoisotopic (exact) mass is 289 g/mol. The Hall–Kier alpha value is -1.54. The van der Waals surface area contributed by atoms with Gasteiger partial charge in [-0.15, -0.1) is 0 Å². The van der Waals surface area contributed by atoms with Crippen LogP contribution in [-0.2, 0) is 4.79 Å². The zero-order chi connectivity index (χ0) is 14.4. The number of nitrogens with zero attached hydrogens (tertiary/aromatic N) is 2. The van der Waals surface area contributed by atoms with Gasteiger partial charge in [0.15, 0.2) is 0 Å². The van der Waals surface area contributed by atoms with E-state index in [1.54, 1.807) is 6.20 Å². The highest BCUT2D eigenvalue weighted by Gasteiger charge is 2.34. The van der Waals surface area contributed by atoms with Crippen molar-refractivity contribution in [1.82, 2.24) is 10.3 Å². The van der Waals surface area contributed by atoms with Crippen molar-refractivity contribution in [3.8, 4) is 6.07 Å². The number of carbonyl (C=O) groups excluding carboxylic acids is 1. The predicted molar refractivity (Wildman–Crippen MR) is 79.1 cm³/mol. The first kappa shape index (κ1) is 14.9. The first-order valence-corrected chi connectivity index (χ1v) is 7.84. The second-order valence-corrected chi connectivity index (χ2v) is 6.53. The molecule has 1 fully saturated rings. The van der Waals surface area contributed by atoms with E-state index in [-0.39, 0.29) is 11.2 Å². The van der Waals surface area contributed by atoms with Crippen LogP contribution in [0.5, 0.6) is 0 Å². The third kappa shape index (κ3) is 3.73. The number of aromatic nitrogens is 1. The highest BCUT2D eigenvalue weighted by molar-refractivity contribution is 8.00. The first-order chi connectivity index (χ1) is 9.65. The topological polar surface area (TPSA) is 65.8 Å². The van der Waals surface area contributed by atoms with Gasteiger partial charge in [0.2, 0.25) is 5.91 Å². The maximum absolute atomic E-state index is 12.3. The molecule has 0 spiro atoms. The molecule has 4 nitrogen and oxygen atoms in total. The Balaban J connectivity index is 1.95. The van der Waals surface area contributed by atoms with E-state index >= 15 is 0 Å². The molecule has 0 aromatic carbocycles. The molecule has 2 rings (SSSR count). The van der Waals surface area contributed by atoms with Crippen LogP contribution in [0.2, 0.25) is 0 Å². The fourth-order valence-electron chi connectivity index (χ4n) is 2.41. The number of nitrogens with one attached hydrogen (secondary N) is 1. The molecule has 0 bridgehead atoms. The molecule has 106 valence electrons. The maximum Gasteiger partial charge on any atom is 0.234 e. The van der Waals surface area contributed by atoms with Crippen LogP contribution in [0.3, 0.4) is 0 Å². The van der Waals surface area contributed by atoms with Gasteiger partial charge in [0, 0.05) is 6.20 Å². The molecule has 1 heterocycles. The van der Waals surface area contributed by atoms with Crippen molar-refractivity contribution in [2.75, 3.05) is 0 Å². The number of hydrogen-bond donors (Lipinski definition) is 1. The van der Waals surface area contributed by atoms with Gasteiger partial charge in [0.1, 0.15) is 5.54 Å². The molecular formula is C15H19N3OS. The van der Waals surface area contributed by atoms with Gasteiger partial charge in [-0.05, 0) is 31.9 Å². The van der Waals surface area contributed by atoms with Crippen molar-refractivity contribution < 1.29 is 4.79 Å². The minimum Gasteiger partial charge on any atom is -0.337 e. The van der Waals surface area contributed by atoms with Crippen LogP contribution in [0.4, 0.5) is 0 Å². The van der Waals surface area contributed by atoms with Gasteiger partial charge in [0.05, 0.1) is 16.3 Å². The average Bonchev–Trinajstić information content (AvgIpc) is 2.49. The van der Waals surface area contributed by atoms with Gasteiger partial charge >= 0.3 is 0 Å². The average molecular weight is 289 g/mol. The summed E-state index contributed by atoms with van der Waals surface area (Å²) < 4.78 is 0. The summed E-state index contributed by atoms with van der Waals surface area (Å²) in [6.45, 7) is 1.85. The van der Waals surface area contributed by atoms with Gasteiger partial charge in [-0.3, -0.25) is 4.79 Å². The lowest BCUT2D eigenvalue weighted by Gasteiger charge is -2.32. The number of hydrogen-bond acceptors (Lipinski definition) is 4. The fraction of sp³-hybridized carbons (Fsp3) is 0.533. The minimum atomic E-state index is -0.658. The lowest BCUT2D eigenvalue weighted by molar-refractivity contribution is -0.121. The summed E-state index contributed by atoms with van der Waals surface area (Å²) in [7, 11) is 0. The van der Waals surface area contributed by atoms with Crippen molar-refractivity contribution in [2.45, 2.75) is 54.8 Å². The van der Waals surface area contributed by atoms with Crippen LogP contribution < -0.4 is 5.32 Å². The highest BCUT2D eigenvalue weighted by Crippen LogP contribution is 2.29. The second-order valence-electron chi connectivity index (χ2n) is 5.17. The summed E-state index contributed by atoms with van der Waals surface area (Å²) >= 11 is 1.42. The summed E-state index contributed by atoms with van der Waals surface area (Å²) in [5, 5.41) is 12.9. The molecule has 1 saturated carbocycles. The van der Waals surface area contributed by atoms with E-state index < -0.39 is 5.54 Å². The van der Waals surface area contributed by atoms with Crippen molar-refractivity contribution in [3.05, 3.63) is 24.4 Å². The second kappa shape index (κ2) is 6.76. The fourth-order valence-corrected chi connectivity index (χ4v) is 3.22. The number of amides is 1. The van der Waals surface area contributed by atoms with Crippen LogP contribution >= 0.6 is 11.8 Å². The third-order valence-corrected chi connectivity index (χ3v) is 4.64. The lowest BCUT2D eigenvalue weighted by Crippen LogP contribution is -2.50. The van der Waals surface area contributed by atoms with Gasteiger partial charge in [-0.25, -0.2) is 4.98 Å². The van der Waals surface area contributed by atoms with Gasteiger partial charge in [0.25, 0.3) is 0 Å². The van der Waals surface area contributed by atoms with Crippen LogP contribution in [0.15, 0.2) is 29.4 Å². The Labute approximate surface area is 124 Å². The molecule has 5 heteroatoms. The summed E-state index contributed by atoms with van der Waals surface area (Å²) in [5.41, 5.74) is -0.658. The summed E-state index contributed by atoms with van der Waals surface area (Å²) in [5.74, 6) is -0.0795. The van der Waals surface area contributed by atoms with Gasteiger partial charge in [-0.2, -0.15) is 5.26 Å². The zero-order valence-electron chi connectivity index (χ0n) is 11.6. The molecule has 1 aliphatic rings. The van der Waals surface area contributed by atoms with E-state index in [0.29, 0.717) is 0 Å². The number of carbonyl (C=O) groups is 1. The van der Waals surface area contributed by atoms with Crippen LogP contribution in [0, 0.1) is 11.3 Å². The molecule has 1 aromatic heterocycles. The summed E-state index contributed by atoms with van der Waals surface area (Å²) in [4.78, 5) is 16.5. The van der Waals surface area contributed by atoms with Crippen molar-refractivity contribution in [2.24, 2.45) is 0 Å². The molecule has 1 aromatic rings. The molecule has 20 heavy (non-hydrogen) atoms. The predicted octanol–water partition coefficient (Wildman–Crippen LogP) is 2.90. The van der Waals surface area contributed by atoms with E-state index in [4.69, 9.17) is 0 Å². The van der Waals surface area contributed by atoms with E-state index in [9.17, 15) is 10.1 Å². The lowest BCUT2D eigenvalue weighted by atomic mass is 9.83. The van der Waals surface area contributed by atoms with Crippen LogP contribution in [-0.4, -0.2) is 21.7 Å². The van der Waals surface area contributed by atoms with E-state index in [1.165, 1.54) is 11.8 Å². The van der Waals surface area contributed by atoms with Gasteiger partial charge in [-0.1, -0.05) is 37.1 Å². The number of nitriles is 1. The van der Waals surface area contributed by atoms with Gasteiger partial charge < -0.3 is 5.32 Å². The molecule has 1 N–H and O–H groups in total. The summed E-state index contributed by atoms with van der Waals surface area (Å²) in [6, 6.07) is 7.94. The largest absolute Gasteiger partial charge is 0.337 e. The molecule has 0 saturated heterocycles. The first-order valence-electron chi connectivity index (χ1n) is 6.96. The number of rotatable bonds is 4. The Morgan fingerprint density at radius 1 is 1.45 bits per heavy atom. The maximum atomic E-state index is 12.3. The van der Waals surface area contributed by atoms with E-state index in [2.05, 4.69) is 16.4 Å².